The van der Waals surface area contributed by atoms with E-state index in [-0.39, 0.29) is 5.75 Å². The molecule has 18 heavy (non-hydrogen) atoms. The average molecular weight is 273 g/mol. The molecule has 0 aliphatic carbocycles. The van der Waals surface area contributed by atoms with Crippen LogP contribution in [0.2, 0.25) is 0 Å². The van der Waals surface area contributed by atoms with Crippen LogP contribution in [0.5, 0.6) is 0 Å². The number of nitrogens with zero attached hydrogens (tertiary/aromatic N) is 2. The van der Waals surface area contributed by atoms with Gasteiger partial charge in [0.2, 0.25) is 0 Å². The Balaban J connectivity index is 2.43. The van der Waals surface area contributed by atoms with Gasteiger partial charge in [-0.05, 0) is 27.7 Å². The Kier molecular flexibility index (Phi) is 4.55. The van der Waals surface area contributed by atoms with Crippen molar-refractivity contribution in [1.29, 1.82) is 0 Å². The van der Waals surface area contributed by atoms with E-state index in [0.717, 1.165) is 11.3 Å². The third-order valence-electron chi connectivity index (χ3n) is 2.91. The predicted molar refractivity (Wildman–Crippen MR) is 73.2 cm³/mol. The summed E-state index contributed by atoms with van der Waals surface area (Å²) in [5.74, 6) is 0.163. The van der Waals surface area contributed by atoms with Crippen LogP contribution in [0.25, 0.3) is 0 Å². The zero-order chi connectivity index (χ0) is 14.0. The molecule has 0 atom stereocenters. The molecule has 6 heteroatoms. The van der Waals surface area contributed by atoms with Gasteiger partial charge in [0.05, 0.1) is 16.2 Å². The molecule has 1 aromatic rings. The van der Waals surface area contributed by atoms with Crippen LogP contribution in [0.1, 0.15) is 32.0 Å². The maximum atomic E-state index is 11.9. The van der Waals surface area contributed by atoms with E-state index in [9.17, 15) is 8.42 Å². The van der Waals surface area contributed by atoms with Crippen molar-refractivity contribution in [2.24, 2.45) is 7.05 Å². The second kappa shape index (κ2) is 5.40. The van der Waals surface area contributed by atoms with Gasteiger partial charge in [-0.2, -0.15) is 5.10 Å². The lowest BCUT2D eigenvalue weighted by Gasteiger charge is -2.19. The Bertz CT molecular complexity index is 498. The molecule has 0 unspecified atom stereocenters. The van der Waals surface area contributed by atoms with Crippen LogP contribution >= 0.6 is 0 Å². The fraction of sp³-hybridized carbons (Fsp3) is 0.750. The first-order valence-corrected chi connectivity index (χ1v) is 7.71. The Morgan fingerprint density at radius 1 is 1.39 bits per heavy atom. The lowest BCUT2D eigenvalue weighted by molar-refractivity contribution is 0.556. The molecule has 1 heterocycles. The van der Waals surface area contributed by atoms with E-state index < -0.39 is 14.6 Å². The van der Waals surface area contributed by atoms with E-state index in [4.69, 9.17) is 0 Å². The number of aryl methyl sites for hydroxylation is 2. The molecule has 0 radical (unpaired) electrons. The van der Waals surface area contributed by atoms with E-state index in [2.05, 4.69) is 10.4 Å². The van der Waals surface area contributed by atoms with Gasteiger partial charge in [-0.3, -0.25) is 4.68 Å². The molecule has 0 aliphatic rings. The standard InChI is InChI=1S/C12H23N3O2S/c1-10-11(9-15(5)14-10)8-13-6-7-18(16,17)12(2,3)4/h9,13H,6-8H2,1-5H3. The van der Waals surface area contributed by atoms with Crippen LogP contribution in [0.4, 0.5) is 0 Å². The van der Waals surface area contributed by atoms with Crippen LogP contribution in [-0.4, -0.2) is 35.2 Å². The highest BCUT2D eigenvalue weighted by atomic mass is 32.2. The first-order chi connectivity index (χ1) is 8.13. The van der Waals surface area contributed by atoms with Gasteiger partial charge in [0.25, 0.3) is 0 Å². The molecule has 0 amide bonds. The largest absolute Gasteiger partial charge is 0.312 e. The number of sulfone groups is 1. The second-order valence-corrected chi connectivity index (χ2v) is 8.38. The molecule has 1 rings (SSSR count). The molecule has 0 spiro atoms. The lowest BCUT2D eigenvalue weighted by Crippen LogP contribution is -2.34. The number of rotatable bonds is 5. The molecular formula is C12H23N3O2S. The third kappa shape index (κ3) is 3.81. The van der Waals surface area contributed by atoms with Crippen molar-refractivity contribution in [3.63, 3.8) is 0 Å². The molecule has 0 aromatic carbocycles. The smallest absolute Gasteiger partial charge is 0.156 e. The quantitative estimate of drug-likeness (QED) is 0.814. The molecule has 5 nitrogen and oxygen atoms in total. The van der Waals surface area contributed by atoms with Gasteiger partial charge in [0.15, 0.2) is 9.84 Å². The van der Waals surface area contributed by atoms with Crippen molar-refractivity contribution in [3.05, 3.63) is 17.5 Å². The van der Waals surface area contributed by atoms with Crippen molar-refractivity contribution >= 4 is 9.84 Å². The highest BCUT2D eigenvalue weighted by Gasteiger charge is 2.27. The Morgan fingerprint density at radius 2 is 2.00 bits per heavy atom. The van der Waals surface area contributed by atoms with Crippen molar-refractivity contribution in [3.8, 4) is 0 Å². The maximum absolute atomic E-state index is 11.9. The number of nitrogens with one attached hydrogen (secondary N) is 1. The minimum absolute atomic E-state index is 0.163. The number of aromatic nitrogens is 2. The van der Waals surface area contributed by atoms with Crippen molar-refractivity contribution in [2.75, 3.05) is 12.3 Å². The molecule has 0 saturated carbocycles. The molecular weight excluding hydrogens is 250 g/mol. The highest BCUT2D eigenvalue weighted by Crippen LogP contribution is 2.15. The summed E-state index contributed by atoms with van der Waals surface area (Å²) in [6, 6.07) is 0. The Hall–Kier alpha value is -0.880. The van der Waals surface area contributed by atoms with Gasteiger partial charge in [0, 0.05) is 31.9 Å². The van der Waals surface area contributed by atoms with Crippen LogP contribution < -0.4 is 5.32 Å². The zero-order valence-corrected chi connectivity index (χ0v) is 12.6. The molecule has 104 valence electrons. The van der Waals surface area contributed by atoms with Crippen LogP contribution in [0, 0.1) is 6.92 Å². The normalized spacial score (nSPS) is 12.9. The molecule has 0 aliphatic heterocycles. The summed E-state index contributed by atoms with van der Waals surface area (Å²) in [6.45, 7) is 8.25. The van der Waals surface area contributed by atoms with E-state index in [1.807, 2.05) is 20.2 Å². The van der Waals surface area contributed by atoms with E-state index in [0.29, 0.717) is 13.1 Å². The summed E-state index contributed by atoms with van der Waals surface area (Å²) in [7, 11) is -1.16. The Labute approximate surface area is 109 Å². The lowest BCUT2D eigenvalue weighted by atomic mass is 10.2. The van der Waals surface area contributed by atoms with Crippen molar-refractivity contribution in [2.45, 2.75) is 39.0 Å². The molecule has 0 fully saturated rings. The van der Waals surface area contributed by atoms with E-state index in [1.165, 1.54) is 0 Å². The number of hydrogen-bond donors (Lipinski definition) is 1. The fourth-order valence-electron chi connectivity index (χ4n) is 1.56. The SMILES string of the molecule is Cc1nn(C)cc1CNCCS(=O)(=O)C(C)(C)C. The summed E-state index contributed by atoms with van der Waals surface area (Å²) in [5.41, 5.74) is 2.08. The average Bonchev–Trinajstić information content (AvgIpc) is 2.50. The number of hydrogen-bond acceptors (Lipinski definition) is 4. The van der Waals surface area contributed by atoms with Gasteiger partial charge in [-0.1, -0.05) is 0 Å². The minimum Gasteiger partial charge on any atom is -0.312 e. The summed E-state index contributed by atoms with van der Waals surface area (Å²) in [6.07, 6.45) is 1.95. The minimum atomic E-state index is -3.04. The van der Waals surface area contributed by atoms with Gasteiger partial charge in [-0.25, -0.2) is 8.42 Å². The fourth-order valence-corrected chi connectivity index (χ4v) is 2.58. The van der Waals surface area contributed by atoms with Crippen LogP contribution in [0.3, 0.4) is 0 Å². The zero-order valence-electron chi connectivity index (χ0n) is 11.8. The molecule has 1 N–H and O–H groups in total. The van der Waals surface area contributed by atoms with Crippen LogP contribution in [-0.2, 0) is 23.4 Å². The van der Waals surface area contributed by atoms with E-state index >= 15 is 0 Å². The summed E-state index contributed by atoms with van der Waals surface area (Å²) >= 11 is 0. The Morgan fingerprint density at radius 3 is 2.44 bits per heavy atom. The predicted octanol–water partition coefficient (Wildman–Crippen LogP) is 1.03. The van der Waals surface area contributed by atoms with Gasteiger partial charge >= 0.3 is 0 Å². The first-order valence-electron chi connectivity index (χ1n) is 6.05. The van der Waals surface area contributed by atoms with Crippen LogP contribution in [0.15, 0.2) is 6.20 Å². The first kappa shape index (κ1) is 15.2. The maximum Gasteiger partial charge on any atom is 0.156 e. The van der Waals surface area contributed by atoms with Gasteiger partial charge in [-0.15, -0.1) is 0 Å². The van der Waals surface area contributed by atoms with Crippen molar-refractivity contribution in [1.82, 2.24) is 15.1 Å². The topological polar surface area (TPSA) is 64.0 Å². The second-order valence-electron chi connectivity index (χ2n) is 5.52. The monoisotopic (exact) mass is 273 g/mol. The summed E-state index contributed by atoms with van der Waals surface area (Å²) in [5, 5.41) is 7.39. The van der Waals surface area contributed by atoms with Gasteiger partial charge < -0.3 is 5.32 Å². The highest BCUT2D eigenvalue weighted by molar-refractivity contribution is 7.92. The van der Waals surface area contributed by atoms with E-state index in [1.54, 1.807) is 25.5 Å². The molecule has 0 bridgehead atoms. The molecule has 1 aromatic heterocycles. The summed E-state index contributed by atoms with van der Waals surface area (Å²) in [4.78, 5) is 0. The molecule has 0 saturated heterocycles. The van der Waals surface area contributed by atoms with Crippen molar-refractivity contribution < 1.29 is 8.42 Å². The third-order valence-corrected chi connectivity index (χ3v) is 5.52. The summed E-state index contributed by atoms with van der Waals surface area (Å²) < 4.78 is 24.8. The van der Waals surface area contributed by atoms with Gasteiger partial charge in [0.1, 0.15) is 0 Å².